The highest BCUT2D eigenvalue weighted by Crippen LogP contribution is 2.31. The summed E-state index contributed by atoms with van der Waals surface area (Å²) in [5.41, 5.74) is 5.17. The average molecular weight is 334 g/mol. The summed E-state index contributed by atoms with van der Waals surface area (Å²) in [5.74, 6) is 0.0879. The Labute approximate surface area is 149 Å². The van der Waals surface area contributed by atoms with E-state index < -0.39 is 5.95 Å². The zero-order valence-electron chi connectivity index (χ0n) is 15.2. The summed E-state index contributed by atoms with van der Waals surface area (Å²) in [6, 6.07) is 9.28. The van der Waals surface area contributed by atoms with Crippen molar-refractivity contribution in [3.05, 3.63) is 71.3 Å². The maximum atomic E-state index is 13.1. The second-order valence-electron chi connectivity index (χ2n) is 6.42. The van der Waals surface area contributed by atoms with Crippen molar-refractivity contribution in [2.75, 3.05) is 0 Å². The molecular weight excluding hydrogens is 311 g/mol. The van der Waals surface area contributed by atoms with E-state index in [2.05, 4.69) is 37.1 Å². The fourth-order valence-corrected chi connectivity index (χ4v) is 2.75. The Morgan fingerprint density at radius 3 is 2.60 bits per heavy atom. The number of aromatic nitrogens is 1. The van der Waals surface area contributed by atoms with Gasteiger partial charge in [-0.05, 0) is 60.6 Å². The molecular formula is C22H23FN2. The van der Waals surface area contributed by atoms with E-state index in [0.717, 1.165) is 34.2 Å². The molecule has 3 heteroatoms. The third kappa shape index (κ3) is 4.42. The first kappa shape index (κ1) is 18.6. The number of nitrogens with zero attached hydrogens (tertiary/aromatic N) is 2. The third-order valence-electron chi connectivity index (χ3n) is 4.14. The predicted octanol–water partition coefficient (Wildman–Crippen LogP) is 6.07. The van der Waals surface area contributed by atoms with Crippen molar-refractivity contribution in [1.29, 1.82) is 5.26 Å². The topological polar surface area (TPSA) is 36.7 Å². The van der Waals surface area contributed by atoms with Crippen molar-refractivity contribution in [3.63, 3.8) is 0 Å². The summed E-state index contributed by atoms with van der Waals surface area (Å²) >= 11 is 0. The zero-order valence-corrected chi connectivity index (χ0v) is 15.2. The smallest absolute Gasteiger partial charge is 0.212 e. The second-order valence-corrected chi connectivity index (χ2v) is 6.42. The molecule has 25 heavy (non-hydrogen) atoms. The Morgan fingerprint density at radius 1 is 1.28 bits per heavy atom. The molecule has 0 saturated heterocycles. The summed E-state index contributed by atoms with van der Waals surface area (Å²) in [5, 5.41) is 9.70. The Bertz CT molecular complexity index is 838. The van der Waals surface area contributed by atoms with Gasteiger partial charge in [0.1, 0.15) is 6.07 Å². The Hall–Kier alpha value is -2.73. The van der Waals surface area contributed by atoms with Crippen LogP contribution in [0.4, 0.5) is 4.39 Å². The van der Waals surface area contributed by atoms with Crippen molar-refractivity contribution in [2.24, 2.45) is 5.92 Å². The van der Waals surface area contributed by atoms with E-state index in [1.54, 1.807) is 6.07 Å². The quantitative estimate of drug-likeness (QED) is 0.491. The molecule has 0 aliphatic carbocycles. The number of rotatable bonds is 5. The molecule has 0 spiro atoms. The van der Waals surface area contributed by atoms with Crippen molar-refractivity contribution < 1.29 is 4.39 Å². The minimum absolute atomic E-state index is 0.509. The van der Waals surface area contributed by atoms with Gasteiger partial charge in [0.25, 0.3) is 0 Å². The molecule has 0 atom stereocenters. The van der Waals surface area contributed by atoms with Crippen LogP contribution < -0.4 is 0 Å². The first-order chi connectivity index (χ1) is 12.0. The Morgan fingerprint density at radius 2 is 2.04 bits per heavy atom. The first-order valence-electron chi connectivity index (χ1n) is 8.46. The van der Waals surface area contributed by atoms with Gasteiger partial charge in [-0.25, -0.2) is 4.98 Å². The van der Waals surface area contributed by atoms with Gasteiger partial charge in [-0.15, -0.1) is 0 Å². The van der Waals surface area contributed by atoms with Crippen LogP contribution in [0.15, 0.2) is 48.7 Å². The van der Waals surface area contributed by atoms with Gasteiger partial charge >= 0.3 is 0 Å². The summed E-state index contributed by atoms with van der Waals surface area (Å²) in [4.78, 5) is 3.71. The number of hydrogen-bond donors (Lipinski definition) is 0. The minimum Gasteiger partial charge on any atom is -0.228 e. The van der Waals surface area contributed by atoms with E-state index >= 15 is 0 Å². The fraction of sp³-hybridized carbons (Fsp3) is 0.273. The first-order valence-corrected chi connectivity index (χ1v) is 8.46. The normalized spacial score (nSPS) is 12.0. The molecule has 1 aromatic carbocycles. The van der Waals surface area contributed by atoms with Gasteiger partial charge in [-0.3, -0.25) is 0 Å². The van der Waals surface area contributed by atoms with Gasteiger partial charge in [0.05, 0.1) is 5.56 Å². The molecule has 1 aromatic heterocycles. The lowest BCUT2D eigenvalue weighted by Crippen LogP contribution is -1.96. The van der Waals surface area contributed by atoms with Crippen LogP contribution in [-0.2, 0) is 0 Å². The molecule has 0 fully saturated rings. The molecule has 0 unspecified atom stereocenters. The minimum atomic E-state index is -0.509. The summed E-state index contributed by atoms with van der Waals surface area (Å²) in [7, 11) is 0. The van der Waals surface area contributed by atoms with Crippen molar-refractivity contribution in [2.45, 2.75) is 34.1 Å². The molecule has 0 aliphatic rings. The third-order valence-corrected chi connectivity index (χ3v) is 4.14. The van der Waals surface area contributed by atoms with Crippen LogP contribution in [0.3, 0.4) is 0 Å². The highest BCUT2D eigenvalue weighted by molar-refractivity contribution is 5.82. The number of halogens is 1. The molecule has 0 N–H and O–H groups in total. The SMILES string of the molecule is C/C=C(\C=C\CC(C)C)c1ccc(-c2ccc(F)nc2)c(C)c1C#N. The molecule has 0 radical (unpaired) electrons. The highest BCUT2D eigenvalue weighted by Gasteiger charge is 2.13. The van der Waals surface area contributed by atoms with E-state index in [4.69, 9.17) is 0 Å². The number of hydrogen-bond acceptors (Lipinski definition) is 2. The van der Waals surface area contributed by atoms with Crippen LogP contribution in [0.1, 0.15) is 43.9 Å². The number of nitriles is 1. The zero-order chi connectivity index (χ0) is 18.4. The second kappa shape index (κ2) is 8.39. The monoisotopic (exact) mass is 334 g/mol. The van der Waals surface area contributed by atoms with Crippen LogP contribution in [-0.4, -0.2) is 4.98 Å². The van der Waals surface area contributed by atoms with Crippen LogP contribution in [0.5, 0.6) is 0 Å². The summed E-state index contributed by atoms with van der Waals surface area (Å²) in [6.07, 6.45) is 8.74. The van der Waals surface area contributed by atoms with Gasteiger partial charge in [0.15, 0.2) is 0 Å². The van der Waals surface area contributed by atoms with Crippen molar-refractivity contribution in [3.8, 4) is 17.2 Å². The predicted molar refractivity (Wildman–Crippen MR) is 101 cm³/mol. The Balaban J connectivity index is 2.48. The number of allylic oxidation sites excluding steroid dienone is 4. The van der Waals surface area contributed by atoms with Crippen LogP contribution in [0.2, 0.25) is 0 Å². The fourth-order valence-electron chi connectivity index (χ4n) is 2.75. The summed E-state index contributed by atoms with van der Waals surface area (Å²) in [6.45, 7) is 8.25. The molecule has 2 aromatic rings. The molecule has 0 saturated carbocycles. The lowest BCUT2D eigenvalue weighted by molar-refractivity contribution is 0.584. The van der Waals surface area contributed by atoms with E-state index in [0.29, 0.717) is 11.5 Å². The molecule has 2 nitrogen and oxygen atoms in total. The average Bonchev–Trinajstić information content (AvgIpc) is 2.59. The van der Waals surface area contributed by atoms with Gasteiger partial charge < -0.3 is 0 Å². The van der Waals surface area contributed by atoms with Crippen LogP contribution in [0, 0.1) is 30.1 Å². The molecule has 1 heterocycles. The van der Waals surface area contributed by atoms with Gasteiger partial charge in [0, 0.05) is 11.8 Å². The Kier molecular flexibility index (Phi) is 6.25. The van der Waals surface area contributed by atoms with E-state index in [9.17, 15) is 9.65 Å². The molecule has 0 bridgehead atoms. The summed E-state index contributed by atoms with van der Waals surface area (Å²) < 4.78 is 13.1. The van der Waals surface area contributed by atoms with Crippen molar-refractivity contribution in [1.82, 2.24) is 4.98 Å². The van der Waals surface area contributed by atoms with Gasteiger partial charge in [0.2, 0.25) is 5.95 Å². The molecule has 0 amide bonds. The maximum Gasteiger partial charge on any atom is 0.212 e. The van der Waals surface area contributed by atoms with E-state index in [-0.39, 0.29) is 0 Å². The van der Waals surface area contributed by atoms with Crippen LogP contribution in [0.25, 0.3) is 16.7 Å². The lowest BCUT2D eigenvalue weighted by atomic mass is 9.90. The lowest BCUT2D eigenvalue weighted by Gasteiger charge is -2.13. The maximum absolute atomic E-state index is 13.1. The van der Waals surface area contributed by atoms with E-state index in [1.165, 1.54) is 12.3 Å². The molecule has 0 aliphatic heterocycles. The van der Waals surface area contributed by atoms with Gasteiger partial charge in [-0.1, -0.05) is 44.2 Å². The molecule has 2 rings (SSSR count). The standard InChI is InChI=1S/C22H23FN2/c1-5-17(8-6-7-15(2)3)20-11-10-19(16(4)21(20)13-24)18-9-12-22(23)25-14-18/h5-6,8-12,14-15H,7H2,1-4H3/b8-6+,17-5+. The number of benzene rings is 1. The largest absolute Gasteiger partial charge is 0.228 e. The van der Waals surface area contributed by atoms with Crippen LogP contribution >= 0.6 is 0 Å². The van der Waals surface area contributed by atoms with E-state index in [1.807, 2.05) is 32.1 Å². The van der Waals surface area contributed by atoms with Gasteiger partial charge in [-0.2, -0.15) is 9.65 Å². The highest BCUT2D eigenvalue weighted by atomic mass is 19.1. The number of pyridine rings is 1. The molecule has 128 valence electrons. The van der Waals surface area contributed by atoms with Crippen molar-refractivity contribution >= 4 is 5.57 Å².